The Hall–Kier alpha value is -0.930. The lowest BCUT2D eigenvalue weighted by atomic mass is 9.83. The van der Waals surface area contributed by atoms with E-state index < -0.39 is 0 Å². The van der Waals surface area contributed by atoms with Crippen molar-refractivity contribution in [3.63, 3.8) is 0 Å². The van der Waals surface area contributed by atoms with E-state index in [1.807, 2.05) is 18.0 Å². The van der Waals surface area contributed by atoms with Crippen molar-refractivity contribution in [2.45, 2.75) is 58.9 Å². The molecule has 23 heavy (non-hydrogen) atoms. The number of hydrogen-bond acceptors (Lipinski definition) is 3. The molecule has 1 N–H and O–H groups in total. The Bertz CT molecular complexity index is 419. The summed E-state index contributed by atoms with van der Waals surface area (Å²) >= 11 is 1.83. The Morgan fingerprint density at radius 3 is 2.57 bits per heavy atom. The normalized spacial score (nSPS) is 18.3. The van der Waals surface area contributed by atoms with Gasteiger partial charge in [-0.25, -0.2) is 4.31 Å². The van der Waals surface area contributed by atoms with Crippen LogP contribution in [0.1, 0.15) is 52.9 Å². The summed E-state index contributed by atoms with van der Waals surface area (Å²) in [5.41, 5.74) is 1.08. The Labute approximate surface area is 147 Å². The first kappa shape index (κ1) is 20.1. The quantitative estimate of drug-likeness (QED) is 0.409. The molecule has 1 unspecified atom stereocenters. The zero-order chi connectivity index (χ0) is 17.1. The van der Waals surface area contributed by atoms with E-state index in [1.165, 1.54) is 37.0 Å². The van der Waals surface area contributed by atoms with Crippen LogP contribution in [0.2, 0.25) is 0 Å². The van der Waals surface area contributed by atoms with Crippen molar-refractivity contribution >= 4 is 11.9 Å². The summed E-state index contributed by atoms with van der Waals surface area (Å²) in [6.45, 7) is 16.3. The van der Waals surface area contributed by atoms with Gasteiger partial charge in [0.2, 0.25) is 0 Å². The summed E-state index contributed by atoms with van der Waals surface area (Å²) in [6, 6.07) is 0.496. The molecule has 0 spiro atoms. The fourth-order valence-corrected chi connectivity index (χ4v) is 4.18. The molecule has 0 heterocycles. The number of nitrogens with one attached hydrogen (secondary N) is 1. The third-order valence-electron chi connectivity index (χ3n) is 4.25. The smallest absolute Gasteiger partial charge is 0.0422 e. The van der Waals surface area contributed by atoms with Crippen molar-refractivity contribution in [3.05, 3.63) is 48.1 Å². The van der Waals surface area contributed by atoms with Gasteiger partial charge in [0.05, 0.1) is 0 Å². The summed E-state index contributed by atoms with van der Waals surface area (Å²) in [5.74, 6) is 0.767. The van der Waals surface area contributed by atoms with Crippen LogP contribution in [0.3, 0.4) is 0 Å². The predicted octanol–water partition coefficient (Wildman–Crippen LogP) is 5.67. The molecule has 0 aromatic rings. The third-order valence-corrected chi connectivity index (χ3v) is 5.40. The van der Waals surface area contributed by atoms with E-state index in [4.69, 9.17) is 0 Å². The van der Waals surface area contributed by atoms with Gasteiger partial charge in [-0.3, -0.25) is 0 Å². The highest BCUT2D eigenvalue weighted by Gasteiger charge is 2.25. The molecule has 0 aromatic carbocycles. The van der Waals surface area contributed by atoms with Crippen molar-refractivity contribution < 1.29 is 0 Å². The molecule has 0 saturated heterocycles. The second-order valence-electron chi connectivity index (χ2n) is 6.31. The monoisotopic (exact) mass is 334 g/mol. The van der Waals surface area contributed by atoms with Crippen molar-refractivity contribution in [2.24, 2.45) is 5.92 Å². The SMILES string of the molecule is C=C/C=C(\C=C/C)SN(CC)CC(NC(=C)C)C1CCCCC1. The second-order valence-corrected chi connectivity index (χ2v) is 7.48. The summed E-state index contributed by atoms with van der Waals surface area (Å²) in [7, 11) is 0. The van der Waals surface area contributed by atoms with Crippen LogP contribution in [-0.4, -0.2) is 23.4 Å². The minimum atomic E-state index is 0.496. The minimum absolute atomic E-state index is 0.496. The molecule has 1 saturated carbocycles. The average Bonchev–Trinajstić information content (AvgIpc) is 2.54. The van der Waals surface area contributed by atoms with Crippen LogP contribution in [0.25, 0.3) is 0 Å². The molecule has 3 heteroatoms. The van der Waals surface area contributed by atoms with E-state index in [9.17, 15) is 0 Å². The number of nitrogens with zero attached hydrogens (tertiary/aromatic N) is 1. The van der Waals surface area contributed by atoms with Crippen LogP contribution in [0.15, 0.2) is 48.1 Å². The highest BCUT2D eigenvalue weighted by atomic mass is 32.2. The molecule has 2 nitrogen and oxygen atoms in total. The number of allylic oxidation sites excluding steroid dienone is 5. The average molecular weight is 335 g/mol. The second kappa shape index (κ2) is 11.6. The van der Waals surface area contributed by atoms with Crippen molar-refractivity contribution in [1.29, 1.82) is 0 Å². The molecule has 0 radical (unpaired) electrons. The molecule has 0 aliphatic heterocycles. The topological polar surface area (TPSA) is 15.3 Å². The lowest BCUT2D eigenvalue weighted by Gasteiger charge is -2.35. The maximum absolute atomic E-state index is 4.07. The van der Waals surface area contributed by atoms with Gasteiger partial charge in [0.25, 0.3) is 0 Å². The van der Waals surface area contributed by atoms with Gasteiger partial charge in [-0.15, -0.1) is 0 Å². The van der Waals surface area contributed by atoms with Crippen molar-refractivity contribution in [3.8, 4) is 0 Å². The van der Waals surface area contributed by atoms with Crippen LogP contribution < -0.4 is 5.32 Å². The lowest BCUT2D eigenvalue weighted by Crippen LogP contribution is -2.43. The fourth-order valence-electron chi connectivity index (χ4n) is 3.16. The molecule has 1 aliphatic carbocycles. The summed E-state index contributed by atoms with van der Waals surface area (Å²) in [4.78, 5) is 1.24. The van der Waals surface area contributed by atoms with E-state index in [1.54, 1.807) is 0 Å². The zero-order valence-corrected chi connectivity index (χ0v) is 16.0. The summed E-state index contributed by atoms with van der Waals surface area (Å²) < 4.78 is 2.45. The first-order chi connectivity index (χ1) is 11.1. The Kier molecular flexibility index (Phi) is 10.1. The number of likely N-dealkylation sites (N-methyl/N-ethyl adjacent to an activating group) is 1. The number of rotatable bonds is 10. The molecule has 0 aromatic heterocycles. The van der Waals surface area contributed by atoms with E-state index in [0.717, 1.165) is 24.7 Å². The van der Waals surface area contributed by atoms with Crippen LogP contribution >= 0.6 is 11.9 Å². The highest BCUT2D eigenvalue weighted by Crippen LogP contribution is 2.29. The third kappa shape index (κ3) is 7.94. The first-order valence-corrected chi connectivity index (χ1v) is 9.68. The van der Waals surface area contributed by atoms with Crippen LogP contribution in [-0.2, 0) is 0 Å². The molecular weight excluding hydrogens is 300 g/mol. The van der Waals surface area contributed by atoms with Crippen LogP contribution in [0, 0.1) is 5.92 Å². The minimum Gasteiger partial charge on any atom is -0.385 e. The Morgan fingerprint density at radius 1 is 1.35 bits per heavy atom. The van der Waals surface area contributed by atoms with E-state index in [2.05, 4.69) is 61.8 Å². The molecule has 130 valence electrons. The fraction of sp³-hybridized carbons (Fsp3) is 0.600. The molecule has 0 amide bonds. The Morgan fingerprint density at radius 2 is 2.04 bits per heavy atom. The van der Waals surface area contributed by atoms with Gasteiger partial charge < -0.3 is 5.32 Å². The van der Waals surface area contributed by atoms with Gasteiger partial charge in [-0.2, -0.15) is 0 Å². The predicted molar refractivity (Wildman–Crippen MR) is 106 cm³/mol. The molecule has 1 aliphatic rings. The van der Waals surface area contributed by atoms with Crippen molar-refractivity contribution in [2.75, 3.05) is 13.1 Å². The van der Waals surface area contributed by atoms with Gasteiger partial charge in [0.1, 0.15) is 0 Å². The van der Waals surface area contributed by atoms with Gasteiger partial charge >= 0.3 is 0 Å². The van der Waals surface area contributed by atoms with Gasteiger partial charge in [0.15, 0.2) is 0 Å². The lowest BCUT2D eigenvalue weighted by molar-refractivity contribution is 0.251. The van der Waals surface area contributed by atoms with Gasteiger partial charge in [-0.05, 0) is 50.6 Å². The van der Waals surface area contributed by atoms with Crippen LogP contribution in [0.5, 0.6) is 0 Å². The molecule has 1 fully saturated rings. The van der Waals surface area contributed by atoms with E-state index in [0.29, 0.717) is 6.04 Å². The van der Waals surface area contributed by atoms with Gasteiger partial charge in [0, 0.05) is 29.7 Å². The Balaban J connectivity index is 2.74. The summed E-state index contributed by atoms with van der Waals surface area (Å²) in [6.07, 6.45) is 15.0. The largest absolute Gasteiger partial charge is 0.385 e. The van der Waals surface area contributed by atoms with E-state index in [-0.39, 0.29) is 0 Å². The molecule has 1 atom stereocenters. The maximum Gasteiger partial charge on any atom is 0.0422 e. The van der Waals surface area contributed by atoms with Gasteiger partial charge in [-0.1, -0.05) is 57.6 Å². The molecule has 0 bridgehead atoms. The highest BCUT2D eigenvalue weighted by molar-refractivity contribution is 8.01. The van der Waals surface area contributed by atoms with Crippen LogP contribution in [0.4, 0.5) is 0 Å². The first-order valence-electron chi connectivity index (χ1n) is 8.91. The number of hydrogen-bond donors (Lipinski definition) is 1. The van der Waals surface area contributed by atoms with Crippen molar-refractivity contribution in [1.82, 2.24) is 9.62 Å². The summed E-state index contributed by atoms with van der Waals surface area (Å²) in [5, 5.41) is 3.64. The van der Waals surface area contributed by atoms with E-state index >= 15 is 0 Å². The molecular formula is C20H34N2S. The standard InChI is InChI=1S/C20H34N2S/c1-6-12-19(13-7-2)23-22(8-3)16-20(21-17(4)5)18-14-10-9-11-15-18/h6-7,12-13,18,20-21H,1,4,8-11,14-16H2,2-3,5H3/b13-7-,19-12+. The maximum atomic E-state index is 4.07. The molecule has 1 rings (SSSR count). The zero-order valence-electron chi connectivity index (χ0n) is 15.2.